The van der Waals surface area contributed by atoms with Gasteiger partial charge in [0.1, 0.15) is 5.52 Å². The minimum Gasteiger partial charge on any atom is -0.431 e. The van der Waals surface area contributed by atoms with E-state index in [-0.39, 0.29) is 5.75 Å². The SMILES string of the molecule is O=CC(=O)CSc1nc2ccccc2o1. The first-order chi connectivity index (χ1) is 7.29. The van der Waals surface area contributed by atoms with Gasteiger partial charge in [-0.1, -0.05) is 23.9 Å². The Bertz CT molecular complexity index is 473. The lowest BCUT2D eigenvalue weighted by atomic mass is 10.3. The number of rotatable bonds is 4. The zero-order valence-electron chi connectivity index (χ0n) is 7.67. The van der Waals surface area contributed by atoms with Crippen LogP contribution in [-0.4, -0.2) is 22.8 Å². The number of aromatic nitrogens is 1. The quantitative estimate of drug-likeness (QED) is 0.446. The number of carbonyl (C=O) groups excluding carboxylic acids is 2. The second-order valence-electron chi connectivity index (χ2n) is 2.82. The zero-order valence-corrected chi connectivity index (χ0v) is 8.49. The van der Waals surface area contributed by atoms with E-state index in [2.05, 4.69) is 4.98 Å². The smallest absolute Gasteiger partial charge is 0.257 e. The number of benzene rings is 1. The van der Waals surface area contributed by atoms with E-state index >= 15 is 0 Å². The fourth-order valence-electron chi connectivity index (χ4n) is 1.08. The van der Waals surface area contributed by atoms with Crippen LogP contribution in [0.2, 0.25) is 0 Å². The molecule has 0 atom stereocenters. The molecule has 0 aliphatic rings. The lowest BCUT2D eigenvalue weighted by molar-refractivity contribution is -0.128. The van der Waals surface area contributed by atoms with Crippen LogP contribution in [0.3, 0.4) is 0 Å². The van der Waals surface area contributed by atoms with Crippen molar-refractivity contribution in [2.75, 3.05) is 5.75 Å². The van der Waals surface area contributed by atoms with Crippen LogP contribution < -0.4 is 0 Å². The molecule has 0 aliphatic heterocycles. The third-order valence-corrected chi connectivity index (χ3v) is 2.59. The highest BCUT2D eigenvalue weighted by Crippen LogP contribution is 2.22. The Morgan fingerprint density at radius 3 is 3.00 bits per heavy atom. The predicted molar refractivity (Wildman–Crippen MR) is 55.8 cm³/mol. The molecule has 0 unspecified atom stereocenters. The summed E-state index contributed by atoms with van der Waals surface area (Å²) in [6, 6.07) is 7.33. The van der Waals surface area contributed by atoms with Gasteiger partial charge in [0.2, 0.25) is 5.78 Å². The second-order valence-corrected chi connectivity index (χ2v) is 3.75. The first-order valence-electron chi connectivity index (χ1n) is 4.26. The molecule has 0 fully saturated rings. The molecule has 5 heteroatoms. The predicted octanol–water partition coefficient (Wildman–Crippen LogP) is 1.69. The third kappa shape index (κ3) is 2.24. The van der Waals surface area contributed by atoms with Crippen LogP contribution in [0.1, 0.15) is 0 Å². The van der Waals surface area contributed by atoms with Crippen LogP contribution in [0.5, 0.6) is 0 Å². The maximum Gasteiger partial charge on any atom is 0.257 e. The minimum atomic E-state index is -0.470. The molecule has 2 rings (SSSR count). The van der Waals surface area contributed by atoms with Gasteiger partial charge in [0.25, 0.3) is 5.22 Å². The van der Waals surface area contributed by atoms with Crippen LogP contribution >= 0.6 is 11.8 Å². The molecule has 0 radical (unpaired) electrons. The Morgan fingerprint density at radius 1 is 1.47 bits per heavy atom. The van der Waals surface area contributed by atoms with Crippen molar-refractivity contribution in [3.8, 4) is 0 Å². The summed E-state index contributed by atoms with van der Waals surface area (Å²) in [5, 5.41) is 0.409. The lowest BCUT2D eigenvalue weighted by Crippen LogP contribution is -2.01. The molecule has 4 nitrogen and oxygen atoms in total. The van der Waals surface area contributed by atoms with E-state index in [9.17, 15) is 9.59 Å². The summed E-state index contributed by atoms with van der Waals surface area (Å²) < 4.78 is 5.35. The Kier molecular flexibility index (Phi) is 2.82. The molecule has 2 aromatic rings. The van der Waals surface area contributed by atoms with Crippen molar-refractivity contribution in [1.82, 2.24) is 4.98 Å². The number of aldehydes is 1. The number of thioether (sulfide) groups is 1. The topological polar surface area (TPSA) is 60.2 Å². The van der Waals surface area contributed by atoms with Crippen LogP contribution in [0.25, 0.3) is 11.1 Å². The molecule has 0 spiro atoms. The summed E-state index contributed by atoms with van der Waals surface area (Å²) in [5.74, 6) is -0.404. The molecular formula is C10H7NO3S. The number of carbonyl (C=O) groups is 2. The number of hydrogen-bond donors (Lipinski definition) is 0. The average molecular weight is 221 g/mol. The van der Waals surface area contributed by atoms with E-state index in [0.717, 1.165) is 17.3 Å². The number of ketones is 1. The largest absolute Gasteiger partial charge is 0.431 e. The molecule has 76 valence electrons. The molecule has 0 aliphatic carbocycles. The van der Waals surface area contributed by atoms with E-state index < -0.39 is 5.78 Å². The Hall–Kier alpha value is -1.62. The zero-order chi connectivity index (χ0) is 10.7. The summed E-state index contributed by atoms with van der Waals surface area (Å²) in [5.41, 5.74) is 1.43. The third-order valence-electron chi connectivity index (χ3n) is 1.74. The summed E-state index contributed by atoms with van der Waals surface area (Å²) >= 11 is 1.12. The van der Waals surface area contributed by atoms with Crippen molar-refractivity contribution >= 4 is 34.9 Å². The maximum absolute atomic E-state index is 10.7. The molecule has 0 N–H and O–H groups in total. The van der Waals surface area contributed by atoms with Gasteiger partial charge in [-0.05, 0) is 12.1 Å². The van der Waals surface area contributed by atoms with Crippen molar-refractivity contribution in [3.05, 3.63) is 24.3 Å². The molecule has 15 heavy (non-hydrogen) atoms. The van der Waals surface area contributed by atoms with Gasteiger partial charge in [0.15, 0.2) is 11.9 Å². The molecule has 0 amide bonds. The molecular weight excluding hydrogens is 214 g/mol. The summed E-state index contributed by atoms with van der Waals surface area (Å²) in [4.78, 5) is 25.0. The lowest BCUT2D eigenvalue weighted by Gasteiger charge is -1.88. The van der Waals surface area contributed by atoms with Gasteiger partial charge >= 0.3 is 0 Å². The van der Waals surface area contributed by atoms with E-state index in [1.54, 1.807) is 6.07 Å². The monoisotopic (exact) mass is 221 g/mol. The average Bonchev–Trinajstić information content (AvgIpc) is 2.68. The number of hydrogen-bond acceptors (Lipinski definition) is 5. The molecule has 1 aromatic heterocycles. The highest BCUT2D eigenvalue weighted by molar-refractivity contribution is 7.99. The number of nitrogens with zero attached hydrogens (tertiary/aromatic N) is 1. The van der Waals surface area contributed by atoms with Gasteiger partial charge in [-0.2, -0.15) is 0 Å². The summed E-state index contributed by atoms with van der Waals surface area (Å²) in [7, 11) is 0. The number of Topliss-reactive ketones (excluding diaryl/α,β-unsaturated/α-hetero) is 1. The van der Waals surface area contributed by atoms with Crippen LogP contribution in [-0.2, 0) is 9.59 Å². The van der Waals surface area contributed by atoms with Gasteiger partial charge in [-0.15, -0.1) is 0 Å². The van der Waals surface area contributed by atoms with E-state index in [1.165, 1.54) is 0 Å². The van der Waals surface area contributed by atoms with E-state index in [1.807, 2.05) is 18.2 Å². The number of oxazole rings is 1. The van der Waals surface area contributed by atoms with Gasteiger partial charge in [-0.25, -0.2) is 4.98 Å². The molecule has 1 aromatic carbocycles. The van der Waals surface area contributed by atoms with Gasteiger partial charge in [0, 0.05) is 0 Å². The maximum atomic E-state index is 10.7. The highest BCUT2D eigenvalue weighted by Gasteiger charge is 2.07. The highest BCUT2D eigenvalue weighted by atomic mass is 32.2. The van der Waals surface area contributed by atoms with Crippen molar-refractivity contribution in [2.24, 2.45) is 0 Å². The Morgan fingerprint density at radius 2 is 2.27 bits per heavy atom. The van der Waals surface area contributed by atoms with Gasteiger partial charge in [-0.3, -0.25) is 9.59 Å². The van der Waals surface area contributed by atoms with Crippen LogP contribution in [0, 0.1) is 0 Å². The number of fused-ring (bicyclic) bond motifs is 1. The molecule has 0 bridgehead atoms. The normalized spacial score (nSPS) is 10.4. The molecule has 1 heterocycles. The Labute approximate surface area is 89.7 Å². The fourth-order valence-corrected chi connectivity index (χ4v) is 1.73. The first kappa shape index (κ1) is 9.92. The summed E-state index contributed by atoms with van der Waals surface area (Å²) in [6.45, 7) is 0. The van der Waals surface area contributed by atoms with E-state index in [4.69, 9.17) is 4.42 Å². The van der Waals surface area contributed by atoms with Crippen molar-refractivity contribution < 1.29 is 14.0 Å². The fraction of sp³-hybridized carbons (Fsp3) is 0.100. The van der Waals surface area contributed by atoms with Crippen LogP contribution in [0.15, 0.2) is 33.9 Å². The molecule has 0 saturated carbocycles. The first-order valence-corrected chi connectivity index (χ1v) is 5.24. The minimum absolute atomic E-state index is 0.0658. The second kappa shape index (κ2) is 4.27. The molecule has 0 saturated heterocycles. The van der Waals surface area contributed by atoms with Gasteiger partial charge < -0.3 is 4.42 Å². The number of para-hydroxylation sites is 2. The van der Waals surface area contributed by atoms with E-state index in [0.29, 0.717) is 17.1 Å². The van der Waals surface area contributed by atoms with Crippen LogP contribution in [0.4, 0.5) is 0 Å². The van der Waals surface area contributed by atoms with Crippen molar-refractivity contribution in [1.29, 1.82) is 0 Å². The Balaban J connectivity index is 2.15. The van der Waals surface area contributed by atoms with Crippen molar-refractivity contribution in [3.63, 3.8) is 0 Å². The standard InChI is InChI=1S/C10H7NO3S/c12-5-7(13)6-15-10-11-8-3-1-2-4-9(8)14-10/h1-5H,6H2. The van der Waals surface area contributed by atoms with Gasteiger partial charge in [0.05, 0.1) is 5.75 Å². The van der Waals surface area contributed by atoms with Crippen molar-refractivity contribution in [2.45, 2.75) is 5.22 Å². The summed E-state index contributed by atoms with van der Waals surface area (Å²) in [6.07, 6.45) is 0.301.